The van der Waals surface area contributed by atoms with E-state index in [-0.39, 0.29) is 17.9 Å². The summed E-state index contributed by atoms with van der Waals surface area (Å²) < 4.78 is 11.8. The number of nitrogens with one attached hydrogen (secondary N) is 1. The minimum absolute atomic E-state index is 0.0716. The molecule has 1 N–H and O–H groups in total. The third kappa shape index (κ3) is 3.79. The van der Waals surface area contributed by atoms with Gasteiger partial charge in [-0.2, -0.15) is 0 Å². The topological polar surface area (TPSA) is 86.6 Å². The quantitative estimate of drug-likeness (QED) is 0.373. The van der Waals surface area contributed by atoms with Gasteiger partial charge in [0.05, 0.1) is 28.9 Å². The lowest BCUT2D eigenvalue weighted by molar-refractivity contribution is -0.135. The van der Waals surface area contributed by atoms with Crippen molar-refractivity contribution in [3.63, 3.8) is 0 Å². The monoisotopic (exact) mass is 424 g/mol. The second-order valence-electron chi connectivity index (χ2n) is 6.71. The fourth-order valence-electron chi connectivity index (χ4n) is 3.31. The molecule has 152 valence electrons. The number of halogens is 1. The first kappa shape index (κ1) is 19.7. The number of carbonyl (C=O) groups is 3. The maximum atomic E-state index is 12.9. The van der Waals surface area contributed by atoms with Crippen molar-refractivity contribution >= 4 is 40.2 Å². The molecular weight excluding hydrogens is 408 g/mol. The van der Waals surface area contributed by atoms with E-state index in [1.165, 1.54) is 0 Å². The zero-order valence-corrected chi connectivity index (χ0v) is 16.7. The lowest BCUT2D eigenvalue weighted by Crippen LogP contribution is -2.31. The molecule has 3 aromatic rings. The predicted molar refractivity (Wildman–Crippen MR) is 111 cm³/mol. The van der Waals surface area contributed by atoms with E-state index in [9.17, 15) is 14.4 Å². The molecule has 4 rings (SSSR count). The number of carbonyl (C=O) groups excluding carboxylic acids is 3. The number of rotatable bonds is 6. The normalized spacial score (nSPS) is 13.1. The smallest absolute Gasteiger partial charge is 0.333 e. The minimum Gasteiger partial charge on any atom is -0.497 e. The van der Waals surface area contributed by atoms with Crippen LogP contribution in [0.1, 0.15) is 15.9 Å². The van der Waals surface area contributed by atoms with Gasteiger partial charge in [-0.1, -0.05) is 29.8 Å². The van der Waals surface area contributed by atoms with E-state index in [0.717, 1.165) is 22.9 Å². The lowest BCUT2D eigenvalue weighted by Gasteiger charge is -2.07. The molecule has 0 aliphatic carbocycles. The number of ketones is 1. The van der Waals surface area contributed by atoms with Crippen LogP contribution in [0.25, 0.3) is 10.9 Å². The molecule has 0 saturated carbocycles. The van der Waals surface area contributed by atoms with E-state index >= 15 is 0 Å². The van der Waals surface area contributed by atoms with Crippen molar-refractivity contribution in [1.82, 2.24) is 9.88 Å². The van der Waals surface area contributed by atoms with Crippen LogP contribution in [0, 0.1) is 0 Å². The number of fused-ring (bicyclic) bond motifs is 1. The van der Waals surface area contributed by atoms with Crippen LogP contribution < -0.4 is 10.1 Å². The Morgan fingerprint density at radius 2 is 1.97 bits per heavy atom. The van der Waals surface area contributed by atoms with Gasteiger partial charge in [0.2, 0.25) is 0 Å². The fourth-order valence-corrected chi connectivity index (χ4v) is 3.58. The number of esters is 1. The van der Waals surface area contributed by atoms with Crippen molar-refractivity contribution in [2.24, 2.45) is 0 Å². The van der Waals surface area contributed by atoms with Crippen molar-refractivity contribution in [2.75, 3.05) is 13.7 Å². The Balaban J connectivity index is 1.67. The van der Waals surface area contributed by atoms with E-state index in [2.05, 4.69) is 5.32 Å². The second-order valence-corrected chi connectivity index (χ2v) is 7.12. The zero-order valence-electron chi connectivity index (χ0n) is 16.0. The number of benzene rings is 2. The third-order valence-electron chi connectivity index (χ3n) is 4.75. The fraction of sp³-hybridized carbons (Fsp3) is 0.136. The Morgan fingerprint density at radius 3 is 2.63 bits per heavy atom. The van der Waals surface area contributed by atoms with Crippen LogP contribution in [-0.2, 0) is 20.9 Å². The Labute approximate surface area is 176 Å². The molecule has 1 aliphatic heterocycles. The number of ether oxygens (including phenoxy) is 2. The van der Waals surface area contributed by atoms with Gasteiger partial charge in [0.1, 0.15) is 12.4 Å². The molecule has 2 aromatic carbocycles. The number of amides is 1. The molecule has 0 bridgehead atoms. The van der Waals surface area contributed by atoms with Gasteiger partial charge in [0, 0.05) is 24.2 Å². The van der Waals surface area contributed by atoms with Gasteiger partial charge in [-0.3, -0.25) is 9.59 Å². The summed E-state index contributed by atoms with van der Waals surface area (Å²) >= 11 is 6.37. The van der Waals surface area contributed by atoms with Crippen molar-refractivity contribution < 1.29 is 23.9 Å². The molecule has 0 saturated heterocycles. The summed E-state index contributed by atoms with van der Waals surface area (Å²) in [6.07, 6.45) is 2.76. The second kappa shape index (κ2) is 8.04. The Bertz CT molecular complexity index is 1190. The molecule has 0 fully saturated rings. The minimum atomic E-state index is -0.858. The average Bonchev–Trinajstić information content (AvgIpc) is 3.32. The maximum absolute atomic E-state index is 12.9. The first-order valence-electron chi connectivity index (χ1n) is 9.09. The van der Waals surface area contributed by atoms with Gasteiger partial charge in [0.25, 0.3) is 11.7 Å². The first-order valence-corrected chi connectivity index (χ1v) is 9.47. The van der Waals surface area contributed by atoms with Gasteiger partial charge in [-0.25, -0.2) is 4.79 Å². The van der Waals surface area contributed by atoms with Crippen molar-refractivity contribution in [3.8, 4) is 5.75 Å². The summed E-state index contributed by atoms with van der Waals surface area (Å²) in [7, 11) is 1.60. The highest BCUT2D eigenvalue weighted by Crippen LogP contribution is 2.30. The van der Waals surface area contributed by atoms with Crippen molar-refractivity contribution in [1.29, 1.82) is 0 Å². The summed E-state index contributed by atoms with van der Waals surface area (Å²) in [4.78, 5) is 36.5. The Kier molecular flexibility index (Phi) is 5.29. The Morgan fingerprint density at radius 1 is 1.20 bits per heavy atom. The molecule has 1 aromatic heterocycles. The number of Topliss-reactive ketones (excluding diaryl/α,β-unsaturated/α-hetero) is 1. The number of methoxy groups -OCH3 is 1. The van der Waals surface area contributed by atoms with Crippen LogP contribution in [0.4, 0.5) is 0 Å². The van der Waals surface area contributed by atoms with E-state index in [1.54, 1.807) is 25.4 Å². The maximum Gasteiger partial charge on any atom is 0.333 e. The number of hydrogen-bond acceptors (Lipinski definition) is 5. The van der Waals surface area contributed by atoms with Gasteiger partial charge in [-0.15, -0.1) is 0 Å². The Hall–Kier alpha value is -3.58. The third-order valence-corrected chi connectivity index (χ3v) is 5.07. The van der Waals surface area contributed by atoms with Gasteiger partial charge >= 0.3 is 5.97 Å². The summed E-state index contributed by atoms with van der Waals surface area (Å²) in [5.41, 5.74) is 2.15. The van der Waals surface area contributed by atoms with Gasteiger partial charge < -0.3 is 19.4 Å². The molecule has 1 aliphatic rings. The van der Waals surface area contributed by atoms with Crippen LogP contribution in [0.5, 0.6) is 5.75 Å². The molecule has 2 heterocycles. The molecule has 0 spiro atoms. The van der Waals surface area contributed by atoms with Crippen LogP contribution in [0.3, 0.4) is 0 Å². The molecule has 0 atom stereocenters. The van der Waals surface area contributed by atoms with Gasteiger partial charge in [0.15, 0.2) is 0 Å². The SMILES string of the molecule is COc1ccc(Cn2cc(C(=O)C(=O)NC3=CC(=O)OC3)c3c(Cl)cccc32)cc1. The predicted octanol–water partition coefficient (Wildman–Crippen LogP) is 3.09. The van der Waals surface area contributed by atoms with E-state index in [0.29, 0.717) is 17.0 Å². The molecule has 8 heteroatoms. The average molecular weight is 425 g/mol. The summed E-state index contributed by atoms with van der Waals surface area (Å²) in [5, 5.41) is 3.30. The number of aromatic nitrogens is 1. The molecule has 1 amide bonds. The summed E-state index contributed by atoms with van der Waals surface area (Å²) in [6, 6.07) is 12.8. The highest BCUT2D eigenvalue weighted by atomic mass is 35.5. The number of nitrogens with zero attached hydrogens (tertiary/aromatic N) is 1. The largest absolute Gasteiger partial charge is 0.497 e. The van der Waals surface area contributed by atoms with Crippen molar-refractivity contribution in [2.45, 2.75) is 6.54 Å². The van der Waals surface area contributed by atoms with Crippen LogP contribution in [0.2, 0.25) is 5.02 Å². The highest BCUT2D eigenvalue weighted by molar-refractivity contribution is 6.47. The molecular formula is C22H17ClN2O5. The molecule has 30 heavy (non-hydrogen) atoms. The van der Waals surface area contributed by atoms with Crippen LogP contribution in [0.15, 0.2) is 60.4 Å². The van der Waals surface area contributed by atoms with Crippen LogP contribution >= 0.6 is 11.6 Å². The summed E-state index contributed by atoms with van der Waals surface area (Å²) in [6.45, 7) is 0.404. The standard InChI is InChI=1S/C22H17ClN2O5/c1-29-15-7-5-13(6-8-15)10-25-11-16(20-17(23)3-2-4-18(20)25)21(27)22(28)24-14-9-19(26)30-12-14/h2-9,11H,10,12H2,1H3,(H,24,28). The van der Waals surface area contributed by atoms with E-state index in [4.69, 9.17) is 21.1 Å². The van der Waals surface area contributed by atoms with Crippen molar-refractivity contribution in [3.05, 3.63) is 76.6 Å². The van der Waals surface area contributed by atoms with Crippen LogP contribution in [-0.4, -0.2) is 35.9 Å². The number of hydrogen-bond donors (Lipinski definition) is 1. The number of cyclic esters (lactones) is 1. The van der Waals surface area contributed by atoms with Gasteiger partial charge in [-0.05, 0) is 29.8 Å². The lowest BCUT2D eigenvalue weighted by atomic mass is 10.1. The molecule has 0 unspecified atom stereocenters. The molecule has 7 nitrogen and oxygen atoms in total. The summed E-state index contributed by atoms with van der Waals surface area (Å²) in [5.74, 6) is -1.42. The van der Waals surface area contributed by atoms with E-state index < -0.39 is 17.7 Å². The highest BCUT2D eigenvalue weighted by Gasteiger charge is 2.25. The molecule has 0 radical (unpaired) electrons. The first-order chi connectivity index (χ1) is 14.5. The van der Waals surface area contributed by atoms with E-state index in [1.807, 2.05) is 34.9 Å². The zero-order chi connectivity index (χ0) is 21.3.